The van der Waals surface area contributed by atoms with E-state index < -0.39 is 0 Å². The van der Waals surface area contributed by atoms with Gasteiger partial charge in [-0.15, -0.1) is 0 Å². The smallest absolute Gasteiger partial charge is 0.222 e. The van der Waals surface area contributed by atoms with Gasteiger partial charge in [-0.05, 0) is 29.7 Å². The average molecular weight is 388 g/mol. The van der Waals surface area contributed by atoms with Crippen molar-refractivity contribution in [1.82, 2.24) is 9.97 Å². The van der Waals surface area contributed by atoms with Gasteiger partial charge in [0, 0.05) is 12.0 Å². The van der Waals surface area contributed by atoms with E-state index in [1.54, 1.807) is 14.2 Å². The van der Waals surface area contributed by atoms with Gasteiger partial charge in [-0.3, -0.25) is 0 Å². The second kappa shape index (κ2) is 8.98. The molecule has 3 rings (SSSR count). The van der Waals surface area contributed by atoms with Gasteiger partial charge in [0.2, 0.25) is 5.95 Å². The number of ether oxygens (including phenoxy) is 2. The zero-order chi connectivity index (χ0) is 20.8. The first-order valence-corrected chi connectivity index (χ1v) is 9.28. The first-order valence-electron chi connectivity index (χ1n) is 9.28. The summed E-state index contributed by atoms with van der Waals surface area (Å²) in [6.07, 6.45) is 1.18. The Bertz CT molecular complexity index is 1070. The zero-order valence-electron chi connectivity index (χ0n) is 16.8. The van der Waals surface area contributed by atoms with E-state index in [1.165, 1.54) is 0 Å². The number of aryl methyl sites for hydroxylation is 1. The Kier molecular flexibility index (Phi) is 6.20. The molecular weight excluding hydrogens is 364 g/mol. The monoisotopic (exact) mass is 388 g/mol. The predicted molar refractivity (Wildman–Crippen MR) is 116 cm³/mol. The van der Waals surface area contributed by atoms with Gasteiger partial charge in [-0.2, -0.15) is 4.98 Å². The predicted octanol–water partition coefficient (Wildman–Crippen LogP) is 3.48. The molecule has 0 aliphatic carbocycles. The van der Waals surface area contributed by atoms with Crippen LogP contribution in [0.3, 0.4) is 0 Å². The molecule has 6 nitrogen and oxygen atoms in total. The van der Waals surface area contributed by atoms with Crippen LogP contribution in [0.25, 0.3) is 11.1 Å². The fraction of sp³-hybridized carbons (Fsp3) is 0.217. The maximum Gasteiger partial charge on any atom is 0.222 e. The topological polar surface area (TPSA) is 96.3 Å². The van der Waals surface area contributed by atoms with E-state index in [-0.39, 0.29) is 5.95 Å². The molecule has 0 aliphatic rings. The summed E-state index contributed by atoms with van der Waals surface area (Å²) in [7, 11) is 3.27. The molecule has 0 spiro atoms. The SMILES string of the molecule is CCc1nc(N)nc(N)c1C#CCc1cc(OC)c(OC)c(-c2ccccc2)c1. The number of nitrogens with zero attached hydrogens (tertiary/aromatic N) is 2. The summed E-state index contributed by atoms with van der Waals surface area (Å²) < 4.78 is 11.1. The maximum atomic E-state index is 5.99. The number of anilines is 2. The molecule has 2 aromatic carbocycles. The molecule has 148 valence electrons. The van der Waals surface area contributed by atoms with Crippen molar-refractivity contribution in [2.24, 2.45) is 0 Å². The maximum absolute atomic E-state index is 5.99. The molecule has 0 radical (unpaired) electrons. The van der Waals surface area contributed by atoms with Crippen LogP contribution in [0.15, 0.2) is 42.5 Å². The summed E-state index contributed by atoms with van der Waals surface area (Å²) in [4.78, 5) is 8.25. The summed E-state index contributed by atoms with van der Waals surface area (Å²) in [5.74, 6) is 8.10. The van der Waals surface area contributed by atoms with Crippen molar-refractivity contribution in [2.75, 3.05) is 25.7 Å². The number of nitrogens with two attached hydrogens (primary N) is 2. The number of nitrogen functional groups attached to an aromatic ring is 2. The Morgan fingerprint density at radius 2 is 1.76 bits per heavy atom. The standard InChI is InChI=1S/C23H24N4O2/c1-4-19-17(22(24)27-23(25)26-19)12-8-9-15-13-18(16-10-6-5-7-11-16)21(29-3)20(14-15)28-2/h5-7,10-11,13-14H,4,9H2,1-3H3,(H4,24,25,26,27). The second-order valence-electron chi connectivity index (χ2n) is 6.37. The normalized spacial score (nSPS) is 10.2. The molecule has 0 aliphatic heterocycles. The van der Waals surface area contributed by atoms with Gasteiger partial charge in [-0.1, -0.05) is 49.1 Å². The Balaban J connectivity index is 1.99. The molecule has 0 saturated heterocycles. The third-order valence-corrected chi connectivity index (χ3v) is 4.49. The summed E-state index contributed by atoms with van der Waals surface area (Å²) in [6, 6.07) is 14.0. The first-order chi connectivity index (χ1) is 14.1. The highest BCUT2D eigenvalue weighted by Gasteiger charge is 2.14. The number of rotatable bonds is 5. The van der Waals surface area contributed by atoms with Gasteiger partial charge < -0.3 is 20.9 Å². The third-order valence-electron chi connectivity index (χ3n) is 4.49. The van der Waals surface area contributed by atoms with Crippen LogP contribution >= 0.6 is 0 Å². The minimum atomic E-state index is 0.164. The molecule has 6 heteroatoms. The van der Waals surface area contributed by atoms with Crippen LogP contribution in [0.2, 0.25) is 0 Å². The average Bonchev–Trinajstić information content (AvgIpc) is 2.74. The molecule has 0 amide bonds. The Morgan fingerprint density at radius 3 is 2.41 bits per heavy atom. The Labute approximate surface area is 170 Å². The molecule has 0 unspecified atom stereocenters. The van der Waals surface area contributed by atoms with E-state index in [0.717, 1.165) is 22.4 Å². The van der Waals surface area contributed by atoms with E-state index in [2.05, 4.69) is 27.9 Å². The highest BCUT2D eigenvalue weighted by atomic mass is 16.5. The Hall–Kier alpha value is -3.72. The van der Waals surface area contributed by atoms with Crippen molar-refractivity contribution in [2.45, 2.75) is 19.8 Å². The van der Waals surface area contributed by atoms with Gasteiger partial charge in [-0.25, -0.2) is 4.98 Å². The zero-order valence-corrected chi connectivity index (χ0v) is 16.8. The van der Waals surface area contributed by atoms with Crippen LogP contribution in [0, 0.1) is 11.8 Å². The van der Waals surface area contributed by atoms with E-state index in [0.29, 0.717) is 35.7 Å². The summed E-state index contributed by atoms with van der Waals surface area (Å²) in [5.41, 5.74) is 16.0. The van der Waals surface area contributed by atoms with Gasteiger partial charge >= 0.3 is 0 Å². The van der Waals surface area contributed by atoms with Crippen molar-refractivity contribution >= 4 is 11.8 Å². The molecular formula is C23H24N4O2. The number of methoxy groups -OCH3 is 2. The lowest BCUT2D eigenvalue weighted by atomic mass is 9.99. The molecule has 3 aromatic rings. The van der Waals surface area contributed by atoms with Crippen LogP contribution in [-0.4, -0.2) is 24.2 Å². The van der Waals surface area contributed by atoms with E-state index in [9.17, 15) is 0 Å². The van der Waals surface area contributed by atoms with Crippen LogP contribution in [0.5, 0.6) is 11.5 Å². The van der Waals surface area contributed by atoms with E-state index in [1.807, 2.05) is 43.3 Å². The van der Waals surface area contributed by atoms with E-state index >= 15 is 0 Å². The quantitative estimate of drug-likeness (QED) is 0.650. The summed E-state index contributed by atoms with van der Waals surface area (Å²) in [6.45, 7) is 1.98. The number of hydrogen-bond donors (Lipinski definition) is 2. The molecule has 4 N–H and O–H groups in total. The summed E-state index contributed by atoms with van der Waals surface area (Å²) >= 11 is 0. The Morgan fingerprint density at radius 1 is 1.00 bits per heavy atom. The first kappa shape index (κ1) is 20.0. The van der Waals surface area contributed by atoms with Crippen LogP contribution in [-0.2, 0) is 12.8 Å². The van der Waals surface area contributed by atoms with Crippen LogP contribution in [0.1, 0.15) is 23.7 Å². The van der Waals surface area contributed by atoms with Gasteiger partial charge in [0.25, 0.3) is 0 Å². The van der Waals surface area contributed by atoms with Crippen LogP contribution in [0.4, 0.5) is 11.8 Å². The van der Waals surface area contributed by atoms with Crippen molar-refractivity contribution in [1.29, 1.82) is 0 Å². The highest BCUT2D eigenvalue weighted by molar-refractivity contribution is 5.75. The fourth-order valence-corrected chi connectivity index (χ4v) is 3.13. The number of benzene rings is 2. The third kappa shape index (κ3) is 4.41. The minimum absolute atomic E-state index is 0.164. The summed E-state index contributed by atoms with van der Waals surface area (Å²) in [5, 5.41) is 0. The van der Waals surface area contributed by atoms with E-state index in [4.69, 9.17) is 20.9 Å². The largest absolute Gasteiger partial charge is 0.493 e. The molecule has 29 heavy (non-hydrogen) atoms. The minimum Gasteiger partial charge on any atom is -0.493 e. The number of aromatic nitrogens is 2. The van der Waals surface area contributed by atoms with Crippen LogP contribution < -0.4 is 20.9 Å². The van der Waals surface area contributed by atoms with Gasteiger partial charge in [0.15, 0.2) is 11.5 Å². The van der Waals surface area contributed by atoms with Gasteiger partial charge in [0.1, 0.15) is 5.82 Å². The van der Waals surface area contributed by atoms with Crippen molar-refractivity contribution in [3.05, 3.63) is 59.3 Å². The molecule has 1 aromatic heterocycles. The highest BCUT2D eigenvalue weighted by Crippen LogP contribution is 2.39. The van der Waals surface area contributed by atoms with Gasteiger partial charge in [0.05, 0.1) is 25.5 Å². The molecule has 1 heterocycles. The van der Waals surface area contributed by atoms with Crippen molar-refractivity contribution in [3.63, 3.8) is 0 Å². The number of hydrogen-bond acceptors (Lipinski definition) is 6. The lowest BCUT2D eigenvalue weighted by molar-refractivity contribution is 0.356. The molecule has 0 saturated carbocycles. The molecule has 0 fully saturated rings. The second-order valence-corrected chi connectivity index (χ2v) is 6.37. The lowest BCUT2D eigenvalue weighted by Crippen LogP contribution is -2.06. The molecule has 0 bridgehead atoms. The lowest BCUT2D eigenvalue weighted by Gasteiger charge is -2.14. The van der Waals surface area contributed by atoms with Crippen molar-refractivity contribution in [3.8, 4) is 34.5 Å². The van der Waals surface area contributed by atoms with Crippen molar-refractivity contribution < 1.29 is 9.47 Å². The molecule has 0 atom stereocenters. The fourth-order valence-electron chi connectivity index (χ4n) is 3.13.